The minimum Gasteiger partial charge on any atom is -0.480 e. The van der Waals surface area contributed by atoms with Gasteiger partial charge in [-0.2, -0.15) is 0 Å². The number of hydrogen-bond acceptors (Lipinski definition) is 3. The van der Waals surface area contributed by atoms with Gasteiger partial charge in [0.1, 0.15) is 12.4 Å². The van der Waals surface area contributed by atoms with E-state index in [9.17, 15) is 9.18 Å². The van der Waals surface area contributed by atoms with Gasteiger partial charge in [0, 0.05) is 7.05 Å². The average Bonchev–Trinajstić information content (AvgIpc) is 2.19. The summed E-state index contributed by atoms with van der Waals surface area (Å²) in [6, 6.07) is 2.74. The molecule has 0 unspecified atom stereocenters. The van der Waals surface area contributed by atoms with E-state index in [0.717, 1.165) is 0 Å². The Hall–Kier alpha value is -1.30. The number of anilines is 2. The summed E-state index contributed by atoms with van der Waals surface area (Å²) in [5.41, 5.74) is 1.03. The second-order valence-corrected chi connectivity index (χ2v) is 3.57. The lowest BCUT2D eigenvalue weighted by molar-refractivity contribution is -0.134. The first-order valence-corrected chi connectivity index (χ1v) is 4.97. The number of halogens is 2. The van der Waals surface area contributed by atoms with E-state index in [0.29, 0.717) is 11.4 Å². The van der Waals surface area contributed by atoms with Crippen LogP contribution in [0.2, 0.25) is 0 Å². The van der Waals surface area contributed by atoms with Gasteiger partial charge < -0.3 is 15.7 Å². The van der Waals surface area contributed by atoms with Crippen LogP contribution in [0.15, 0.2) is 16.6 Å². The van der Waals surface area contributed by atoms with Crippen molar-refractivity contribution in [3.05, 3.63) is 22.4 Å². The number of carboxylic acid groups (broad SMARTS) is 1. The molecular weight excluding hydrogens is 267 g/mol. The van der Waals surface area contributed by atoms with E-state index in [2.05, 4.69) is 26.6 Å². The Bertz CT molecular complexity index is 385. The number of benzene rings is 1. The maximum absolute atomic E-state index is 13.1. The summed E-state index contributed by atoms with van der Waals surface area (Å²) >= 11 is 3.07. The number of nitrogens with one attached hydrogen (secondary N) is 2. The first-order valence-electron chi connectivity index (χ1n) is 4.17. The molecule has 15 heavy (non-hydrogen) atoms. The molecule has 0 heterocycles. The Balaban J connectivity index is 2.97. The molecule has 0 aliphatic carbocycles. The zero-order valence-corrected chi connectivity index (χ0v) is 9.56. The molecule has 4 nitrogen and oxygen atoms in total. The van der Waals surface area contributed by atoms with Crippen molar-refractivity contribution >= 4 is 33.3 Å². The molecule has 1 aromatic carbocycles. The number of carboxylic acids is 1. The smallest absolute Gasteiger partial charge is 0.322 e. The van der Waals surface area contributed by atoms with Gasteiger partial charge in [-0.3, -0.25) is 4.79 Å². The van der Waals surface area contributed by atoms with Crippen LogP contribution in [0.1, 0.15) is 0 Å². The van der Waals surface area contributed by atoms with Crippen LogP contribution >= 0.6 is 15.9 Å². The molecule has 6 heteroatoms. The third-order valence-electron chi connectivity index (χ3n) is 1.77. The second-order valence-electron chi connectivity index (χ2n) is 2.78. The predicted octanol–water partition coefficient (Wildman–Crippen LogP) is 2.13. The molecule has 0 bridgehead atoms. The third-order valence-corrected chi connectivity index (χ3v) is 2.55. The Morgan fingerprint density at radius 1 is 1.60 bits per heavy atom. The summed E-state index contributed by atoms with van der Waals surface area (Å²) in [5, 5.41) is 14.0. The van der Waals surface area contributed by atoms with E-state index >= 15 is 0 Å². The van der Waals surface area contributed by atoms with Gasteiger partial charge in [0.25, 0.3) is 0 Å². The van der Waals surface area contributed by atoms with Gasteiger partial charge in [-0.1, -0.05) is 0 Å². The fourth-order valence-electron chi connectivity index (χ4n) is 1.11. The van der Waals surface area contributed by atoms with Gasteiger partial charge >= 0.3 is 5.97 Å². The number of aliphatic carboxylic acids is 1. The van der Waals surface area contributed by atoms with E-state index in [4.69, 9.17) is 5.11 Å². The zero-order chi connectivity index (χ0) is 11.4. The summed E-state index contributed by atoms with van der Waals surface area (Å²) in [6.45, 7) is -0.216. The van der Waals surface area contributed by atoms with Crippen molar-refractivity contribution in [2.24, 2.45) is 0 Å². The molecule has 0 saturated heterocycles. The van der Waals surface area contributed by atoms with Crippen LogP contribution < -0.4 is 10.6 Å². The highest BCUT2D eigenvalue weighted by atomic mass is 79.9. The van der Waals surface area contributed by atoms with Crippen molar-refractivity contribution in [2.75, 3.05) is 24.2 Å². The summed E-state index contributed by atoms with van der Waals surface area (Å²) in [6.07, 6.45) is 0. The second kappa shape index (κ2) is 4.97. The number of carbonyl (C=O) groups is 1. The molecule has 0 aliphatic heterocycles. The monoisotopic (exact) mass is 276 g/mol. The van der Waals surface area contributed by atoms with Crippen LogP contribution in [0.3, 0.4) is 0 Å². The fraction of sp³-hybridized carbons (Fsp3) is 0.222. The van der Waals surface area contributed by atoms with Gasteiger partial charge in [-0.25, -0.2) is 4.39 Å². The number of hydrogen-bond donors (Lipinski definition) is 3. The van der Waals surface area contributed by atoms with E-state index in [-0.39, 0.29) is 11.0 Å². The van der Waals surface area contributed by atoms with Crippen LogP contribution in [-0.2, 0) is 4.79 Å². The van der Waals surface area contributed by atoms with Crippen molar-refractivity contribution < 1.29 is 14.3 Å². The van der Waals surface area contributed by atoms with E-state index < -0.39 is 11.8 Å². The molecule has 3 N–H and O–H groups in total. The lowest BCUT2D eigenvalue weighted by atomic mass is 10.2. The average molecular weight is 277 g/mol. The fourth-order valence-corrected chi connectivity index (χ4v) is 1.66. The SMILES string of the molecule is CNc1c(NCC(=O)O)ccc(F)c1Br. The maximum Gasteiger partial charge on any atom is 0.322 e. The van der Waals surface area contributed by atoms with E-state index in [1.807, 2.05) is 0 Å². The van der Waals surface area contributed by atoms with Crippen molar-refractivity contribution in [3.8, 4) is 0 Å². The summed E-state index contributed by atoms with van der Waals surface area (Å²) in [7, 11) is 1.63. The quantitative estimate of drug-likeness (QED) is 0.789. The van der Waals surface area contributed by atoms with E-state index in [1.165, 1.54) is 12.1 Å². The molecule has 0 aromatic heterocycles. The summed E-state index contributed by atoms with van der Waals surface area (Å²) in [4.78, 5) is 10.4. The molecule has 0 atom stereocenters. The van der Waals surface area contributed by atoms with Crippen LogP contribution in [0, 0.1) is 5.82 Å². The molecule has 1 rings (SSSR count). The molecule has 1 aromatic rings. The molecule has 0 amide bonds. The highest BCUT2D eigenvalue weighted by molar-refractivity contribution is 9.10. The largest absolute Gasteiger partial charge is 0.480 e. The third kappa shape index (κ3) is 2.82. The Kier molecular flexibility index (Phi) is 3.90. The van der Waals surface area contributed by atoms with Gasteiger partial charge in [-0.15, -0.1) is 0 Å². The topological polar surface area (TPSA) is 61.4 Å². The summed E-state index contributed by atoms with van der Waals surface area (Å²) in [5.74, 6) is -1.38. The van der Waals surface area contributed by atoms with Gasteiger partial charge in [0.2, 0.25) is 0 Å². The van der Waals surface area contributed by atoms with E-state index in [1.54, 1.807) is 7.05 Å². The van der Waals surface area contributed by atoms with Crippen molar-refractivity contribution in [3.63, 3.8) is 0 Å². The Morgan fingerprint density at radius 3 is 2.80 bits per heavy atom. The molecule has 0 fully saturated rings. The Labute approximate surface area is 94.6 Å². The van der Waals surface area contributed by atoms with Crippen molar-refractivity contribution in [1.29, 1.82) is 0 Å². The normalized spacial score (nSPS) is 9.80. The van der Waals surface area contributed by atoms with Gasteiger partial charge in [0.05, 0.1) is 15.8 Å². The first kappa shape index (κ1) is 11.8. The highest BCUT2D eigenvalue weighted by Crippen LogP contribution is 2.32. The van der Waals surface area contributed by atoms with Crippen LogP contribution in [0.4, 0.5) is 15.8 Å². The van der Waals surface area contributed by atoms with Crippen LogP contribution in [0.5, 0.6) is 0 Å². The number of rotatable bonds is 4. The lowest BCUT2D eigenvalue weighted by Gasteiger charge is -2.12. The minimum atomic E-state index is -0.975. The van der Waals surface area contributed by atoms with Gasteiger partial charge in [-0.05, 0) is 28.1 Å². The maximum atomic E-state index is 13.1. The zero-order valence-electron chi connectivity index (χ0n) is 7.97. The highest BCUT2D eigenvalue weighted by Gasteiger charge is 2.10. The predicted molar refractivity (Wildman–Crippen MR) is 59.8 cm³/mol. The molecule has 0 spiro atoms. The van der Waals surface area contributed by atoms with Crippen molar-refractivity contribution in [1.82, 2.24) is 0 Å². The Morgan fingerprint density at radius 2 is 2.27 bits per heavy atom. The molecule has 0 saturated carbocycles. The lowest BCUT2D eigenvalue weighted by Crippen LogP contribution is -2.13. The first-order chi connectivity index (χ1) is 7.06. The van der Waals surface area contributed by atoms with Gasteiger partial charge in [0.15, 0.2) is 0 Å². The molecule has 82 valence electrons. The van der Waals surface area contributed by atoms with Crippen LogP contribution in [0.25, 0.3) is 0 Å². The van der Waals surface area contributed by atoms with Crippen LogP contribution in [-0.4, -0.2) is 24.7 Å². The summed E-state index contributed by atoms with van der Waals surface area (Å²) < 4.78 is 13.4. The molecule has 0 radical (unpaired) electrons. The van der Waals surface area contributed by atoms with Crippen molar-refractivity contribution in [2.45, 2.75) is 0 Å². The molecule has 0 aliphatic rings. The minimum absolute atomic E-state index is 0.216. The standard InChI is InChI=1S/C9H10BrFN2O2/c1-12-9-6(13-4-7(14)15)3-2-5(11)8(9)10/h2-3,12-13H,4H2,1H3,(H,14,15). The molecular formula is C9H10BrFN2O2.